The molecule has 26 heavy (non-hydrogen) atoms. The van der Waals surface area contributed by atoms with E-state index < -0.39 is 11.7 Å². The Bertz CT molecular complexity index is 796. The standard InChI is InChI=1S/C17H16F3N5O/c18-17(19,20)10-2-5-14(23-9-10)24-12-8-11-3-4-13(12)25(11)16(26)15-21-6-1-7-22-15/h1-2,5-7,9,11-13H,3-4,8H2,(H,23,24). The average Bonchev–Trinajstić information content (AvgIpc) is 3.19. The molecular weight excluding hydrogens is 347 g/mol. The zero-order valence-electron chi connectivity index (χ0n) is 13.6. The Labute approximate surface area is 147 Å². The van der Waals surface area contributed by atoms with Gasteiger partial charge in [-0.3, -0.25) is 4.79 Å². The molecule has 0 aromatic carbocycles. The highest BCUT2D eigenvalue weighted by Gasteiger charge is 2.49. The van der Waals surface area contributed by atoms with Crippen LogP contribution in [-0.2, 0) is 6.18 Å². The first-order chi connectivity index (χ1) is 12.4. The summed E-state index contributed by atoms with van der Waals surface area (Å²) in [6, 6.07) is 3.97. The highest BCUT2D eigenvalue weighted by Crippen LogP contribution is 2.39. The number of pyridine rings is 1. The maximum absolute atomic E-state index is 12.7. The van der Waals surface area contributed by atoms with E-state index in [-0.39, 0.29) is 29.9 Å². The maximum atomic E-state index is 12.7. The molecule has 2 aliphatic rings. The molecule has 0 saturated carbocycles. The summed E-state index contributed by atoms with van der Waals surface area (Å²) in [4.78, 5) is 26.4. The molecule has 0 radical (unpaired) electrons. The molecule has 9 heteroatoms. The number of hydrogen-bond donors (Lipinski definition) is 1. The quantitative estimate of drug-likeness (QED) is 0.908. The molecule has 0 spiro atoms. The second kappa shape index (κ2) is 6.22. The van der Waals surface area contributed by atoms with Crippen molar-refractivity contribution in [2.75, 3.05) is 5.32 Å². The Balaban J connectivity index is 1.48. The van der Waals surface area contributed by atoms with Crippen molar-refractivity contribution in [2.45, 2.75) is 43.6 Å². The summed E-state index contributed by atoms with van der Waals surface area (Å²) in [7, 11) is 0. The number of hydrogen-bond acceptors (Lipinski definition) is 5. The number of carbonyl (C=O) groups is 1. The molecule has 0 aliphatic carbocycles. The first-order valence-electron chi connectivity index (χ1n) is 8.33. The van der Waals surface area contributed by atoms with Crippen LogP contribution in [0, 0.1) is 0 Å². The minimum atomic E-state index is -4.41. The number of nitrogens with one attached hydrogen (secondary N) is 1. The van der Waals surface area contributed by atoms with Crippen LogP contribution in [0.3, 0.4) is 0 Å². The van der Waals surface area contributed by atoms with Crippen molar-refractivity contribution >= 4 is 11.7 Å². The van der Waals surface area contributed by atoms with Gasteiger partial charge < -0.3 is 10.2 Å². The third-order valence-electron chi connectivity index (χ3n) is 4.95. The Morgan fingerprint density at radius 3 is 2.58 bits per heavy atom. The van der Waals surface area contributed by atoms with Crippen LogP contribution in [0.25, 0.3) is 0 Å². The van der Waals surface area contributed by atoms with Crippen LogP contribution in [0.4, 0.5) is 19.0 Å². The lowest BCUT2D eigenvalue weighted by Crippen LogP contribution is -2.40. The molecule has 6 nitrogen and oxygen atoms in total. The SMILES string of the molecule is O=C(c1ncccn1)N1C2CCC1C(Nc1ccc(C(F)(F)F)cn1)C2. The van der Waals surface area contributed by atoms with Crippen molar-refractivity contribution in [3.8, 4) is 0 Å². The van der Waals surface area contributed by atoms with Gasteiger partial charge in [0.1, 0.15) is 5.82 Å². The van der Waals surface area contributed by atoms with Crippen molar-refractivity contribution < 1.29 is 18.0 Å². The first kappa shape index (κ1) is 16.7. The number of anilines is 1. The van der Waals surface area contributed by atoms with E-state index in [0.29, 0.717) is 5.82 Å². The molecular formula is C17H16F3N5O. The van der Waals surface area contributed by atoms with Crippen LogP contribution >= 0.6 is 0 Å². The van der Waals surface area contributed by atoms with Crippen molar-refractivity contribution in [1.82, 2.24) is 19.9 Å². The van der Waals surface area contributed by atoms with Gasteiger partial charge in [0.15, 0.2) is 0 Å². The van der Waals surface area contributed by atoms with Gasteiger partial charge in [0.2, 0.25) is 5.82 Å². The van der Waals surface area contributed by atoms with Crippen molar-refractivity contribution in [3.63, 3.8) is 0 Å². The van der Waals surface area contributed by atoms with Crippen molar-refractivity contribution in [2.24, 2.45) is 0 Å². The Morgan fingerprint density at radius 1 is 1.15 bits per heavy atom. The minimum absolute atomic E-state index is 0.0413. The van der Waals surface area contributed by atoms with Crippen molar-refractivity contribution in [3.05, 3.63) is 48.2 Å². The van der Waals surface area contributed by atoms with Gasteiger partial charge in [-0.15, -0.1) is 0 Å². The molecule has 4 rings (SSSR count). The van der Waals surface area contributed by atoms with E-state index >= 15 is 0 Å². The monoisotopic (exact) mass is 363 g/mol. The van der Waals surface area contributed by atoms with Gasteiger partial charge in [-0.1, -0.05) is 0 Å². The molecule has 2 aromatic heterocycles. The fourth-order valence-electron chi connectivity index (χ4n) is 3.82. The minimum Gasteiger partial charge on any atom is -0.365 e. The molecule has 136 valence electrons. The van der Waals surface area contributed by atoms with E-state index in [1.54, 1.807) is 11.0 Å². The number of carbonyl (C=O) groups excluding carboxylic acids is 1. The van der Waals surface area contributed by atoms with Crippen LogP contribution in [0.5, 0.6) is 0 Å². The summed E-state index contributed by atoms with van der Waals surface area (Å²) in [6.07, 6.45) is 1.93. The number of nitrogens with zero attached hydrogens (tertiary/aromatic N) is 4. The molecule has 4 heterocycles. The second-order valence-corrected chi connectivity index (χ2v) is 6.50. The maximum Gasteiger partial charge on any atom is 0.417 e. The number of fused-ring (bicyclic) bond motifs is 2. The number of halogens is 3. The molecule has 1 N–H and O–H groups in total. The van der Waals surface area contributed by atoms with Crippen LogP contribution in [-0.4, -0.2) is 43.9 Å². The lowest BCUT2D eigenvalue weighted by Gasteiger charge is -2.25. The van der Waals surface area contributed by atoms with Gasteiger partial charge in [0.25, 0.3) is 5.91 Å². The summed E-state index contributed by atoms with van der Waals surface area (Å²) < 4.78 is 37.9. The van der Waals surface area contributed by atoms with E-state index in [1.807, 2.05) is 0 Å². The normalized spacial score (nSPS) is 24.7. The summed E-state index contributed by atoms with van der Waals surface area (Å²) in [6.45, 7) is 0. The molecule has 3 unspecified atom stereocenters. The number of amides is 1. The Morgan fingerprint density at radius 2 is 1.92 bits per heavy atom. The van der Waals surface area contributed by atoms with Gasteiger partial charge in [0, 0.05) is 30.7 Å². The predicted molar refractivity (Wildman–Crippen MR) is 86.3 cm³/mol. The van der Waals surface area contributed by atoms with Crippen LogP contribution in [0.1, 0.15) is 35.4 Å². The molecule has 1 amide bonds. The largest absolute Gasteiger partial charge is 0.417 e. The topological polar surface area (TPSA) is 71.0 Å². The second-order valence-electron chi connectivity index (χ2n) is 6.50. The lowest BCUT2D eigenvalue weighted by molar-refractivity contribution is -0.137. The fraction of sp³-hybridized carbons (Fsp3) is 0.412. The van der Waals surface area contributed by atoms with E-state index in [1.165, 1.54) is 18.5 Å². The number of aromatic nitrogens is 3. The summed E-state index contributed by atoms with van der Waals surface area (Å²) in [5, 5.41) is 3.17. The zero-order chi connectivity index (χ0) is 18.3. The first-order valence-corrected chi connectivity index (χ1v) is 8.33. The Hall–Kier alpha value is -2.71. The fourth-order valence-corrected chi connectivity index (χ4v) is 3.82. The van der Waals surface area contributed by atoms with Crippen LogP contribution in [0.2, 0.25) is 0 Å². The third kappa shape index (κ3) is 2.97. The van der Waals surface area contributed by atoms with Crippen LogP contribution in [0.15, 0.2) is 36.8 Å². The lowest BCUT2D eigenvalue weighted by atomic mass is 9.95. The van der Waals surface area contributed by atoms with E-state index in [0.717, 1.165) is 31.5 Å². The van der Waals surface area contributed by atoms with Gasteiger partial charge in [-0.05, 0) is 37.5 Å². The van der Waals surface area contributed by atoms with Gasteiger partial charge >= 0.3 is 6.18 Å². The molecule has 2 aromatic rings. The van der Waals surface area contributed by atoms with Gasteiger partial charge in [-0.25, -0.2) is 15.0 Å². The molecule has 2 saturated heterocycles. The highest BCUT2D eigenvalue weighted by molar-refractivity contribution is 5.91. The predicted octanol–water partition coefficient (Wildman–Crippen LogP) is 2.75. The smallest absolute Gasteiger partial charge is 0.365 e. The molecule has 3 atom stereocenters. The molecule has 2 aliphatic heterocycles. The van der Waals surface area contributed by atoms with Gasteiger partial charge in [-0.2, -0.15) is 13.2 Å². The highest BCUT2D eigenvalue weighted by atomic mass is 19.4. The average molecular weight is 363 g/mol. The zero-order valence-corrected chi connectivity index (χ0v) is 13.6. The molecule has 2 bridgehead atoms. The van der Waals surface area contributed by atoms with Crippen LogP contribution < -0.4 is 5.32 Å². The molecule has 2 fully saturated rings. The van der Waals surface area contributed by atoms with E-state index in [9.17, 15) is 18.0 Å². The third-order valence-corrected chi connectivity index (χ3v) is 4.95. The Kier molecular flexibility index (Phi) is 4.01. The van der Waals surface area contributed by atoms with Crippen molar-refractivity contribution in [1.29, 1.82) is 0 Å². The summed E-state index contributed by atoms with van der Waals surface area (Å²) in [5.74, 6) is 0.333. The van der Waals surface area contributed by atoms with E-state index in [2.05, 4.69) is 20.3 Å². The summed E-state index contributed by atoms with van der Waals surface area (Å²) in [5.41, 5.74) is -0.783. The van der Waals surface area contributed by atoms with Gasteiger partial charge in [0.05, 0.1) is 11.6 Å². The van der Waals surface area contributed by atoms with E-state index in [4.69, 9.17) is 0 Å². The summed E-state index contributed by atoms with van der Waals surface area (Å²) >= 11 is 0. The number of alkyl halides is 3. The number of rotatable bonds is 3.